The van der Waals surface area contributed by atoms with Crippen LogP contribution in [-0.2, 0) is 22.7 Å². The summed E-state index contributed by atoms with van der Waals surface area (Å²) in [4.78, 5) is 39.0. The molecule has 2 aromatic carbocycles. The van der Waals surface area contributed by atoms with Gasteiger partial charge < -0.3 is 13.7 Å². The Bertz CT molecular complexity index is 1520. The molecule has 9 heteroatoms. The van der Waals surface area contributed by atoms with E-state index in [2.05, 4.69) is 9.88 Å². The van der Waals surface area contributed by atoms with E-state index in [9.17, 15) is 14.4 Å². The maximum absolute atomic E-state index is 13.1. The zero-order valence-electron chi connectivity index (χ0n) is 20.1. The van der Waals surface area contributed by atoms with Gasteiger partial charge in [0.15, 0.2) is 0 Å². The number of nitrogens with zero attached hydrogens (tertiary/aromatic N) is 2. The molecule has 37 heavy (non-hydrogen) atoms. The van der Waals surface area contributed by atoms with Gasteiger partial charge in [0.05, 0.1) is 19.4 Å². The number of hydrogen-bond donors (Lipinski definition) is 1. The molecular formula is C28H24ClN3O5. The number of furan rings is 1. The van der Waals surface area contributed by atoms with Gasteiger partial charge in [0.1, 0.15) is 17.1 Å². The van der Waals surface area contributed by atoms with E-state index < -0.39 is 17.8 Å². The number of benzene rings is 2. The van der Waals surface area contributed by atoms with Crippen molar-refractivity contribution in [3.63, 3.8) is 0 Å². The Labute approximate surface area is 218 Å². The molecule has 0 saturated carbocycles. The van der Waals surface area contributed by atoms with Gasteiger partial charge in [-0.1, -0.05) is 29.8 Å². The van der Waals surface area contributed by atoms with Crippen molar-refractivity contribution in [1.82, 2.24) is 14.8 Å². The molecular weight excluding hydrogens is 494 g/mol. The molecule has 0 unspecified atom stereocenters. The molecule has 8 nitrogen and oxygen atoms in total. The van der Waals surface area contributed by atoms with E-state index in [1.54, 1.807) is 12.1 Å². The summed E-state index contributed by atoms with van der Waals surface area (Å²) in [5.74, 6) is -0.201. The summed E-state index contributed by atoms with van der Waals surface area (Å²) in [6.07, 6.45) is 5.63. The lowest BCUT2D eigenvalue weighted by Crippen LogP contribution is -2.53. The van der Waals surface area contributed by atoms with Gasteiger partial charge in [0, 0.05) is 34.2 Å². The number of hydrogen-bond acceptors (Lipinski definition) is 5. The second-order valence-electron chi connectivity index (χ2n) is 8.70. The molecule has 1 N–H and O–H groups in total. The Morgan fingerprint density at radius 3 is 2.70 bits per heavy atom. The SMILES string of the molecule is Cc1cc(OCCCn2cc(/C=C3\C(=O)NC(=O)N(Cc4ccco4)C3=O)c3ccccc32)ccc1Cl. The molecule has 1 saturated heterocycles. The molecule has 0 radical (unpaired) electrons. The standard InChI is InChI=1S/C28H24ClN3O5/c1-18-14-20(9-10-24(18)29)36-13-5-11-31-16-19(22-7-2-3-8-25(22)31)15-23-26(33)30-28(35)32(27(23)34)17-21-6-4-12-37-21/h2-4,6-10,12,14-16H,5,11,13,17H2,1H3,(H,30,33,35)/b23-15+. The number of aromatic nitrogens is 1. The first-order valence-electron chi connectivity index (χ1n) is 11.8. The van der Waals surface area contributed by atoms with E-state index in [1.807, 2.05) is 55.6 Å². The van der Waals surface area contributed by atoms with Crippen molar-refractivity contribution in [2.24, 2.45) is 0 Å². The van der Waals surface area contributed by atoms with Gasteiger partial charge in [-0.2, -0.15) is 0 Å². The first kappa shape index (κ1) is 24.4. The summed E-state index contributed by atoms with van der Waals surface area (Å²) in [6, 6.07) is 15.9. The van der Waals surface area contributed by atoms with Crippen LogP contribution in [0.15, 0.2) is 77.0 Å². The van der Waals surface area contributed by atoms with Crippen molar-refractivity contribution in [2.45, 2.75) is 26.4 Å². The van der Waals surface area contributed by atoms with Crippen LogP contribution in [0.4, 0.5) is 4.79 Å². The van der Waals surface area contributed by atoms with Crippen LogP contribution in [0.2, 0.25) is 5.02 Å². The average Bonchev–Trinajstić information content (AvgIpc) is 3.52. The number of carbonyl (C=O) groups excluding carboxylic acids is 3. The zero-order valence-corrected chi connectivity index (χ0v) is 20.8. The molecule has 0 aliphatic carbocycles. The molecule has 3 heterocycles. The average molecular weight is 518 g/mol. The molecule has 5 rings (SSSR count). The van der Waals surface area contributed by atoms with Crippen LogP contribution >= 0.6 is 11.6 Å². The molecule has 188 valence electrons. The van der Waals surface area contributed by atoms with E-state index in [0.29, 0.717) is 29.5 Å². The highest BCUT2D eigenvalue weighted by Crippen LogP contribution is 2.26. The van der Waals surface area contributed by atoms with Crippen molar-refractivity contribution < 1.29 is 23.5 Å². The lowest BCUT2D eigenvalue weighted by molar-refractivity contribution is -0.130. The van der Waals surface area contributed by atoms with Gasteiger partial charge in [0.25, 0.3) is 11.8 Å². The maximum Gasteiger partial charge on any atom is 0.331 e. The Kier molecular flexibility index (Phi) is 6.83. The van der Waals surface area contributed by atoms with Gasteiger partial charge in [-0.15, -0.1) is 0 Å². The summed E-state index contributed by atoms with van der Waals surface area (Å²) in [7, 11) is 0. The van der Waals surface area contributed by atoms with Gasteiger partial charge in [0.2, 0.25) is 0 Å². The van der Waals surface area contributed by atoms with Gasteiger partial charge in [-0.3, -0.25) is 19.8 Å². The third-order valence-electron chi connectivity index (χ3n) is 6.14. The van der Waals surface area contributed by atoms with Crippen LogP contribution in [0.3, 0.4) is 0 Å². The number of aryl methyl sites for hydroxylation is 2. The molecule has 1 fully saturated rings. The third-order valence-corrected chi connectivity index (χ3v) is 6.56. The van der Waals surface area contributed by atoms with Crippen molar-refractivity contribution in [2.75, 3.05) is 6.61 Å². The lowest BCUT2D eigenvalue weighted by atomic mass is 10.1. The highest BCUT2D eigenvalue weighted by atomic mass is 35.5. The number of para-hydroxylation sites is 1. The third kappa shape index (κ3) is 5.15. The number of rotatable bonds is 8. The molecule has 4 aromatic rings. The fourth-order valence-electron chi connectivity index (χ4n) is 4.26. The van der Waals surface area contributed by atoms with Crippen LogP contribution in [-0.4, -0.2) is 33.9 Å². The number of imide groups is 2. The van der Waals surface area contributed by atoms with E-state index in [-0.39, 0.29) is 12.1 Å². The molecule has 1 aliphatic rings. The molecule has 0 bridgehead atoms. The van der Waals surface area contributed by atoms with Gasteiger partial charge >= 0.3 is 6.03 Å². The monoisotopic (exact) mass is 517 g/mol. The Morgan fingerprint density at radius 2 is 1.92 bits per heavy atom. The molecule has 0 atom stereocenters. The predicted molar refractivity (Wildman–Crippen MR) is 139 cm³/mol. The number of ether oxygens (including phenoxy) is 1. The summed E-state index contributed by atoms with van der Waals surface area (Å²) in [6.45, 7) is 3.03. The second kappa shape index (κ2) is 10.4. The Hall–Kier alpha value is -4.30. The second-order valence-corrected chi connectivity index (χ2v) is 9.10. The molecule has 2 aromatic heterocycles. The van der Waals surface area contributed by atoms with Crippen molar-refractivity contribution in [1.29, 1.82) is 0 Å². The van der Waals surface area contributed by atoms with Gasteiger partial charge in [-0.25, -0.2) is 4.79 Å². The largest absolute Gasteiger partial charge is 0.494 e. The molecule has 1 aliphatic heterocycles. The minimum atomic E-state index is -0.776. The van der Waals surface area contributed by atoms with Crippen molar-refractivity contribution in [3.05, 3.63) is 94.5 Å². The van der Waals surface area contributed by atoms with E-state index >= 15 is 0 Å². The van der Waals surface area contributed by atoms with Crippen molar-refractivity contribution in [3.8, 4) is 5.75 Å². The predicted octanol–water partition coefficient (Wildman–Crippen LogP) is 5.33. The summed E-state index contributed by atoms with van der Waals surface area (Å²) in [5, 5.41) is 3.84. The highest BCUT2D eigenvalue weighted by molar-refractivity contribution is 6.31. The minimum Gasteiger partial charge on any atom is -0.494 e. The molecule has 4 amide bonds. The normalized spacial score (nSPS) is 15.0. The quantitative estimate of drug-likeness (QED) is 0.194. The summed E-state index contributed by atoms with van der Waals surface area (Å²) >= 11 is 6.08. The van der Waals surface area contributed by atoms with E-state index in [0.717, 1.165) is 33.5 Å². The fourth-order valence-corrected chi connectivity index (χ4v) is 4.38. The van der Waals surface area contributed by atoms with Crippen LogP contribution in [0.5, 0.6) is 5.75 Å². The number of carbonyl (C=O) groups is 3. The first-order chi connectivity index (χ1) is 17.9. The number of amides is 4. The summed E-state index contributed by atoms with van der Waals surface area (Å²) < 4.78 is 13.2. The van der Waals surface area contributed by atoms with Crippen LogP contribution in [0, 0.1) is 6.92 Å². The maximum atomic E-state index is 13.1. The minimum absolute atomic E-state index is 0.0722. The van der Waals surface area contributed by atoms with Crippen LogP contribution < -0.4 is 10.1 Å². The Morgan fingerprint density at radius 1 is 1.08 bits per heavy atom. The first-order valence-corrected chi connectivity index (χ1v) is 12.2. The number of barbiturate groups is 1. The Balaban J connectivity index is 1.35. The zero-order chi connectivity index (χ0) is 25.9. The highest BCUT2D eigenvalue weighted by Gasteiger charge is 2.36. The van der Waals surface area contributed by atoms with Crippen LogP contribution in [0.25, 0.3) is 17.0 Å². The lowest BCUT2D eigenvalue weighted by Gasteiger charge is -2.25. The number of urea groups is 1. The van der Waals surface area contributed by atoms with Crippen LogP contribution in [0.1, 0.15) is 23.3 Å². The van der Waals surface area contributed by atoms with Gasteiger partial charge in [-0.05, 0) is 61.4 Å². The fraction of sp³-hybridized carbons (Fsp3) is 0.179. The smallest absolute Gasteiger partial charge is 0.331 e. The number of fused-ring (bicyclic) bond motifs is 1. The van der Waals surface area contributed by atoms with E-state index in [4.69, 9.17) is 20.8 Å². The number of halogens is 1. The number of nitrogens with one attached hydrogen (secondary N) is 1. The topological polar surface area (TPSA) is 93.8 Å². The molecule has 0 spiro atoms. The van der Waals surface area contributed by atoms with Crippen molar-refractivity contribution >= 4 is 46.4 Å². The van der Waals surface area contributed by atoms with E-state index in [1.165, 1.54) is 12.3 Å². The summed E-state index contributed by atoms with van der Waals surface area (Å²) in [5.41, 5.74) is 2.51.